The van der Waals surface area contributed by atoms with E-state index < -0.39 is 11.7 Å². The van der Waals surface area contributed by atoms with Gasteiger partial charge in [-0.2, -0.15) is 13.2 Å². The fraction of sp³-hybridized carbons (Fsp3) is 0.500. The van der Waals surface area contributed by atoms with Gasteiger partial charge in [-0.3, -0.25) is 9.59 Å². The minimum absolute atomic E-state index is 0.0966. The molecule has 1 aliphatic rings. The van der Waals surface area contributed by atoms with Gasteiger partial charge in [0.15, 0.2) is 11.6 Å². The maximum Gasteiger partial charge on any atom is 0.416 e. The van der Waals surface area contributed by atoms with E-state index in [-0.39, 0.29) is 41.1 Å². The van der Waals surface area contributed by atoms with E-state index in [1.165, 1.54) is 36.1 Å². The highest BCUT2D eigenvalue weighted by atomic mass is 19.4. The lowest BCUT2D eigenvalue weighted by Crippen LogP contribution is -2.30. The monoisotopic (exact) mass is 464 g/mol. The van der Waals surface area contributed by atoms with Gasteiger partial charge in [-0.25, -0.2) is 9.67 Å². The van der Waals surface area contributed by atoms with Crippen LogP contribution in [0.3, 0.4) is 0 Å². The van der Waals surface area contributed by atoms with E-state index in [4.69, 9.17) is 0 Å². The third kappa shape index (κ3) is 7.27. The largest absolute Gasteiger partial charge is 0.416 e. The van der Waals surface area contributed by atoms with Gasteiger partial charge in [0.1, 0.15) is 12.0 Å². The normalized spacial score (nSPS) is 16.4. The second-order valence-electron chi connectivity index (χ2n) is 8.49. The molecule has 1 fully saturated rings. The van der Waals surface area contributed by atoms with Gasteiger partial charge in [-0.15, -0.1) is 5.10 Å². The summed E-state index contributed by atoms with van der Waals surface area (Å²) in [5.74, 6) is -0.512. The molecular formula is C24H31F3N4O2. The molecule has 180 valence electrons. The van der Waals surface area contributed by atoms with E-state index in [1.54, 1.807) is 26.8 Å². The first-order valence-electron chi connectivity index (χ1n) is 10.9. The van der Waals surface area contributed by atoms with Crippen LogP contribution in [-0.4, -0.2) is 44.6 Å². The van der Waals surface area contributed by atoms with Crippen LogP contribution in [0.15, 0.2) is 41.4 Å². The van der Waals surface area contributed by atoms with Crippen LogP contribution < -0.4 is 0 Å². The van der Waals surface area contributed by atoms with Crippen molar-refractivity contribution in [3.8, 4) is 0 Å². The lowest BCUT2D eigenvalue weighted by Gasteiger charge is -2.19. The topological polar surface area (TPSA) is 68.1 Å². The number of carbonyl (C=O) groups is 2. The molecular weight excluding hydrogens is 433 g/mol. The van der Waals surface area contributed by atoms with Crippen molar-refractivity contribution in [2.45, 2.75) is 60.1 Å². The van der Waals surface area contributed by atoms with Crippen molar-refractivity contribution in [2.24, 2.45) is 11.8 Å². The van der Waals surface area contributed by atoms with Crippen LogP contribution in [0.25, 0.3) is 11.8 Å². The molecule has 0 spiro atoms. The molecule has 0 aliphatic heterocycles. The quantitative estimate of drug-likeness (QED) is 0.362. The summed E-state index contributed by atoms with van der Waals surface area (Å²) in [5, 5.41) is 4.29. The van der Waals surface area contributed by atoms with Crippen molar-refractivity contribution < 1.29 is 22.8 Å². The molecule has 1 aromatic rings. The number of aromatic nitrogens is 3. The molecule has 0 radical (unpaired) electrons. The van der Waals surface area contributed by atoms with Crippen LogP contribution >= 0.6 is 0 Å². The number of nitrogens with zero attached hydrogens (tertiary/aromatic N) is 4. The maximum absolute atomic E-state index is 13.5. The number of ketones is 1. The Morgan fingerprint density at radius 2 is 1.88 bits per heavy atom. The number of carbonyl (C=O) groups excluding carboxylic acids is 2. The summed E-state index contributed by atoms with van der Waals surface area (Å²) < 4.78 is 41.8. The number of hydrogen-bond acceptors (Lipinski definition) is 4. The Morgan fingerprint density at radius 3 is 2.36 bits per heavy atom. The van der Waals surface area contributed by atoms with Gasteiger partial charge in [0.2, 0.25) is 5.91 Å². The summed E-state index contributed by atoms with van der Waals surface area (Å²) in [6.07, 6.45) is 4.28. The predicted molar refractivity (Wildman–Crippen MR) is 121 cm³/mol. The molecule has 33 heavy (non-hydrogen) atoms. The van der Waals surface area contributed by atoms with Gasteiger partial charge in [-0.05, 0) is 38.2 Å². The standard InChI is InChI=1S/C24H31F3N4O2/c1-7-8-20(24(25,26)27)12-19(11-16(4)18-9-10-18)23-28-14-31(29-23)13-21(22(33)15(2)3)30(6)17(5)32/h8,11-15,18H,7,9-10H2,1-6H3/b16-11+,19-12+,20-8-,21-13-. The smallest absolute Gasteiger partial charge is 0.311 e. The highest BCUT2D eigenvalue weighted by Gasteiger charge is 2.32. The molecule has 6 nitrogen and oxygen atoms in total. The van der Waals surface area contributed by atoms with E-state index >= 15 is 0 Å². The average molecular weight is 465 g/mol. The molecule has 2 rings (SSSR count). The summed E-state index contributed by atoms with van der Waals surface area (Å²) >= 11 is 0. The highest BCUT2D eigenvalue weighted by molar-refractivity contribution is 6.01. The molecule has 0 atom stereocenters. The van der Waals surface area contributed by atoms with Crippen molar-refractivity contribution in [1.82, 2.24) is 19.7 Å². The number of likely N-dealkylation sites (N-methyl/N-ethyl adjacent to an activating group) is 1. The van der Waals surface area contributed by atoms with E-state index in [9.17, 15) is 22.8 Å². The van der Waals surface area contributed by atoms with E-state index in [2.05, 4.69) is 10.1 Å². The second kappa shape index (κ2) is 10.8. The Kier molecular flexibility index (Phi) is 8.57. The van der Waals surface area contributed by atoms with Crippen molar-refractivity contribution in [2.75, 3.05) is 7.05 Å². The van der Waals surface area contributed by atoms with Crippen molar-refractivity contribution >= 4 is 23.5 Å². The molecule has 0 aromatic carbocycles. The van der Waals surface area contributed by atoms with Gasteiger partial charge in [0.25, 0.3) is 0 Å². The first-order valence-corrected chi connectivity index (χ1v) is 10.9. The van der Waals surface area contributed by atoms with Gasteiger partial charge in [0.05, 0.1) is 11.8 Å². The first kappa shape index (κ1) is 26.3. The van der Waals surface area contributed by atoms with Gasteiger partial charge < -0.3 is 4.90 Å². The SMILES string of the molecule is CC/C=C(/C=C(\C=C(/C)C1CC1)c1ncn(/C=C(/C(=O)C(C)C)N(C)C(C)=O)n1)C(F)(F)F. The van der Waals surface area contributed by atoms with Crippen molar-refractivity contribution in [3.63, 3.8) is 0 Å². The summed E-state index contributed by atoms with van der Waals surface area (Å²) in [7, 11) is 1.48. The number of amides is 1. The average Bonchev–Trinajstić information content (AvgIpc) is 3.47. The van der Waals surface area contributed by atoms with Gasteiger partial charge >= 0.3 is 6.18 Å². The van der Waals surface area contributed by atoms with Crippen LogP contribution in [0.5, 0.6) is 0 Å². The minimum Gasteiger partial charge on any atom is -0.311 e. The van der Waals surface area contributed by atoms with Crippen LogP contribution in [0.1, 0.15) is 59.7 Å². The zero-order valence-corrected chi connectivity index (χ0v) is 19.9. The van der Waals surface area contributed by atoms with Gasteiger partial charge in [-0.1, -0.05) is 38.5 Å². The third-order valence-electron chi connectivity index (χ3n) is 5.30. The zero-order chi connectivity index (χ0) is 24.9. The Morgan fingerprint density at radius 1 is 1.24 bits per heavy atom. The second-order valence-corrected chi connectivity index (χ2v) is 8.49. The number of halogens is 3. The Balaban J connectivity index is 2.56. The first-order chi connectivity index (χ1) is 15.3. The maximum atomic E-state index is 13.5. The summed E-state index contributed by atoms with van der Waals surface area (Å²) in [5.41, 5.74) is 0.558. The third-order valence-corrected chi connectivity index (χ3v) is 5.30. The summed E-state index contributed by atoms with van der Waals surface area (Å²) in [4.78, 5) is 29.9. The van der Waals surface area contributed by atoms with E-state index in [1.807, 2.05) is 6.92 Å². The van der Waals surface area contributed by atoms with Crippen molar-refractivity contribution in [3.05, 3.63) is 47.2 Å². The minimum atomic E-state index is -4.51. The van der Waals surface area contributed by atoms with Crippen LogP contribution in [0.2, 0.25) is 0 Å². The molecule has 1 saturated carbocycles. The van der Waals surface area contributed by atoms with E-state index in [0.717, 1.165) is 30.6 Å². The lowest BCUT2D eigenvalue weighted by atomic mass is 10.0. The Bertz CT molecular complexity index is 1010. The number of rotatable bonds is 9. The number of hydrogen-bond donors (Lipinski definition) is 0. The van der Waals surface area contributed by atoms with Crippen molar-refractivity contribution in [1.29, 1.82) is 0 Å². The fourth-order valence-corrected chi connectivity index (χ4v) is 3.09. The molecule has 0 N–H and O–H groups in total. The fourth-order valence-electron chi connectivity index (χ4n) is 3.09. The zero-order valence-electron chi connectivity index (χ0n) is 19.9. The van der Waals surface area contributed by atoms with Crippen LogP contribution in [0.4, 0.5) is 13.2 Å². The highest BCUT2D eigenvalue weighted by Crippen LogP contribution is 2.38. The molecule has 0 unspecified atom stereocenters. The molecule has 1 aromatic heterocycles. The van der Waals surface area contributed by atoms with E-state index in [0.29, 0.717) is 5.92 Å². The molecule has 1 aliphatic carbocycles. The molecule has 0 bridgehead atoms. The molecule has 1 heterocycles. The van der Waals surface area contributed by atoms with Crippen LogP contribution in [-0.2, 0) is 9.59 Å². The predicted octanol–water partition coefficient (Wildman–Crippen LogP) is 5.42. The van der Waals surface area contributed by atoms with Gasteiger partial charge in [0, 0.05) is 25.5 Å². The number of Topliss-reactive ketones (excluding diaryl/α,β-unsaturated/α-hetero) is 1. The summed E-state index contributed by atoms with van der Waals surface area (Å²) in [6, 6.07) is 0. The molecule has 1 amide bonds. The molecule has 9 heteroatoms. The van der Waals surface area contributed by atoms with Crippen LogP contribution in [0, 0.1) is 11.8 Å². The molecule has 0 saturated heterocycles. The Labute approximate surface area is 192 Å². The number of alkyl halides is 3. The lowest BCUT2D eigenvalue weighted by molar-refractivity contribution is -0.129. The number of allylic oxidation sites excluding steroid dienone is 7. The Hall–Kier alpha value is -2.97. The summed E-state index contributed by atoms with van der Waals surface area (Å²) in [6.45, 7) is 8.28.